The van der Waals surface area contributed by atoms with Crippen molar-refractivity contribution in [3.63, 3.8) is 0 Å². The lowest BCUT2D eigenvalue weighted by Crippen LogP contribution is -2.21. The first-order chi connectivity index (χ1) is 5.63. The third-order valence-corrected chi connectivity index (χ3v) is 2.73. The molecule has 0 bridgehead atoms. The molecule has 0 spiro atoms. The number of benzene rings is 1. The van der Waals surface area contributed by atoms with Gasteiger partial charge in [-0.15, -0.1) is 0 Å². The molecule has 1 aliphatic carbocycles. The topological polar surface area (TPSA) is 26.0 Å². The molecule has 2 unspecified atom stereocenters. The van der Waals surface area contributed by atoms with Crippen molar-refractivity contribution >= 4 is 0 Å². The monoisotopic (exact) mass is 165 g/mol. The average Bonchev–Trinajstić information content (AvgIpc) is 2.61. The van der Waals surface area contributed by atoms with Crippen LogP contribution in [0.25, 0.3) is 0 Å². The molecule has 0 radical (unpaired) electrons. The van der Waals surface area contributed by atoms with Crippen LogP contribution >= 0.6 is 0 Å². The van der Waals surface area contributed by atoms with Gasteiger partial charge < -0.3 is 5.73 Å². The molecule has 1 aliphatic rings. The molecule has 0 amide bonds. The normalized spacial score (nSPS) is 33.4. The van der Waals surface area contributed by atoms with E-state index in [0.717, 1.165) is 12.0 Å². The highest BCUT2D eigenvalue weighted by atomic mass is 19.1. The summed E-state index contributed by atoms with van der Waals surface area (Å²) in [4.78, 5) is 0. The molecule has 0 heterocycles. The maximum absolute atomic E-state index is 12.8. The van der Waals surface area contributed by atoms with Crippen molar-refractivity contribution in [2.75, 3.05) is 0 Å². The Balaban J connectivity index is 2.36. The first-order valence-electron chi connectivity index (χ1n) is 4.18. The molecule has 12 heavy (non-hydrogen) atoms. The number of rotatable bonds is 1. The minimum absolute atomic E-state index is 0.198. The van der Waals surface area contributed by atoms with Gasteiger partial charge in [-0.1, -0.05) is 19.1 Å². The van der Waals surface area contributed by atoms with Gasteiger partial charge in [0.05, 0.1) is 0 Å². The first kappa shape index (κ1) is 7.74. The summed E-state index contributed by atoms with van der Waals surface area (Å²) in [5.41, 5.74) is 6.69. The lowest BCUT2D eigenvalue weighted by molar-refractivity contribution is 0.609. The smallest absolute Gasteiger partial charge is 0.123 e. The summed E-state index contributed by atoms with van der Waals surface area (Å²) < 4.78 is 12.8. The Morgan fingerprint density at radius 2 is 2.25 bits per heavy atom. The van der Waals surface area contributed by atoms with Gasteiger partial charge in [-0.3, -0.25) is 0 Å². The van der Waals surface area contributed by atoms with Gasteiger partial charge in [-0.05, 0) is 30.0 Å². The minimum Gasteiger partial charge on any atom is -0.321 e. The maximum Gasteiger partial charge on any atom is 0.123 e. The lowest BCUT2D eigenvalue weighted by Gasteiger charge is -2.09. The fourth-order valence-corrected chi connectivity index (χ4v) is 1.63. The van der Waals surface area contributed by atoms with Gasteiger partial charge >= 0.3 is 0 Å². The van der Waals surface area contributed by atoms with Gasteiger partial charge in [0, 0.05) is 5.54 Å². The Bertz CT molecular complexity index is 310. The molecular weight excluding hydrogens is 153 g/mol. The van der Waals surface area contributed by atoms with Gasteiger partial charge in [0.2, 0.25) is 0 Å². The molecule has 64 valence electrons. The van der Waals surface area contributed by atoms with Crippen LogP contribution in [0.3, 0.4) is 0 Å². The molecular formula is C10H12FN. The zero-order valence-corrected chi connectivity index (χ0v) is 7.05. The van der Waals surface area contributed by atoms with Crippen LogP contribution in [0.2, 0.25) is 0 Å². The fourth-order valence-electron chi connectivity index (χ4n) is 1.63. The molecule has 1 aromatic rings. The third-order valence-electron chi connectivity index (χ3n) is 2.73. The molecule has 2 atom stereocenters. The zero-order valence-electron chi connectivity index (χ0n) is 7.05. The van der Waals surface area contributed by atoms with Crippen LogP contribution in [0.15, 0.2) is 24.3 Å². The van der Waals surface area contributed by atoms with Crippen molar-refractivity contribution in [3.8, 4) is 0 Å². The van der Waals surface area contributed by atoms with E-state index in [2.05, 4.69) is 6.92 Å². The Morgan fingerprint density at radius 3 is 2.75 bits per heavy atom. The summed E-state index contributed by atoms with van der Waals surface area (Å²) in [6, 6.07) is 6.58. The Kier molecular flexibility index (Phi) is 1.48. The Labute approximate surface area is 71.4 Å². The van der Waals surface area contributed by atoms with Gasteiger partial charge in [0.25, 0.3) is 0 Å². The average molecular weight is 165 g/mol. The lowest BCUT2D eigenvalue weighted by atomic mass is 10.0. The van der Waals surface area contributed by atoms with Gasteiger partial charge in [-0.25, -0.2) is 4.39 Å². The predicted octanol–water partition coefficient (Wildman–Crippen LogP) is 2.02. The predicted molar refractivity (Wildman–Crippen MR) is 46.0 cm³/mol. The van der Waals surface area contributed by atoms with E-state index in [0.29, 0.717) is 5.92 Å². The summed E-state index contributed by atoms with van der Waals surface area (Å²) in [7, 11) is 0. The fraction of sp³-hybridized carbons (Fsp3) is 0.400. The second-order valence-electron chi connectivity index (χ2n) is 3.66. The number of hydrogen-bond donors (Lipinski definition) is 1. The standard InChI is InChI=1S/C10H12FN/c1-7-6-10(7,12)8-3-2-4-9(11)5-8/h2-5,7H,6,12H2,1H3. The number of hydrogen-bond acceptors (Lipinski definition) is 1. The Hall–Kier alpha value is -0.890. The summed E-state index contributed by atoms with van der Waals surface area (Å²) >= 11 is 0. The van der Waals surface area contributed by atoms with Crippen LogP contribution in [0.1, 0.15) is 18.9 Å². The molecule has 1 saturated carbocycles. The van der Waals surface area contributed by atoms with Crippen LogP contribution in [0.5, 0.6) is 0 Å². The molecule has 2 N–H and O–H groups in total. The van der Waals surface area contributed by atoms with Crippen molar-refractivity contribution < 1.29 is 4.39 Å². The van der Waals surface area contributed by atoms with E-state index < -0.39 is 0 Å². The summed E-state index contributed by atoms with van der Waals surface area (Å²) in [6.07, 6.45) is 0.969. The van der Waals surface area contributed by atoms with E-state index in [1.54, 1.807) is 6.07 Å². The van der Waals surface area contributed by atoms with Crippen LogP contribution in [-0.4, -0.2) is 0 Å². The van der Waals surface area contributed by atoms with Crippen molar-refractivity contribution in [2.24, 2.45) is 11.7 Å². The van der Waals surface area contributed by atoms with Crippen molar-refractivity contribution in [1.29, 1.82) is 0 Å². The van der Waals surface area contributed by atoms with Crippen molar-refractivity contribution in [2.45, 2.75) is 18.9 Å². The van der Waals surface area contributed by atoms with Crippen LogP contribution in [0.4, 0.5) is 4.39 Å². The van der Waals surface area contributed by atoms with Gasteiger partial charge in [0.1, 0.15) is 5.82 Å². The summed E-state index contributed by atoms with van der Waals surface area (Å²) in [5.74, 6) is 0.288. The SMILES string of the molecule is CC1CC1(N)c1cccc(F)c1. The molecule has 0 aliphatic heterocycles. The van der Waals surface area contributed by atoms with E-state index in [-0.39, 0.29) is 11.4 Å². The Morgan fingerprint density at radius 1 is 1.58 bits per heavy atom. The van der Waals surface area contributed by atoms with Crippen LogP contribution in [0, 0.1) is 11.7 Å². The van der Waals surface area contributed by atoms with E-state index in [1.165, 1.54) is 12.1 Å². The molecule has 2 rings (SSSR count). The minimum atomic E-state index is -0.248. The zero-order chi connectivity index (χ0) is 8.77. The summed E-state index contributed by atoms with van der Waals surface area (Å²) in [6.45, 7) is 2.09. The highest BCUT2D eigenvalue weighted by Gasteiger charge is 2.48. The van der Waals surface area contributed by atoms with E-state index >= 15 is 0 Å². The second kappa shape index (κ2) is 2.30. The summed E-state index contributed by atoms with van der Waals surface area (Å²) in [5, 5.41) is 0. The van der Waals surface area contributed by atoms with Crippen LogP contribution < -0.4 is 5.73 Å². The molecule has 1 aromatic carbocycles. The van der Waals surface area contributed by atoms with Crippen LogP contribution in [-0.2, 0) is 5.54 Å². The first-order valence-corrected chi connectivity index (χ1v) is 4.18. The largest absolute Gasteiger partial charge is 0.321 e. The number of halogens is 1. The maximum atomic E-state index is 12.8. The highest BCUT2D eigenvalue weighted by Crippen LogP contribution is 2.48. The quantitative estimate of drug-likeness (QED) is 0.677. The van der Waals surface area contributed by atoms with Gasteiger partial charge in [0.15, 0.2) is 0 Å². The molecule has 1 fully saturated rings. The van der Waals surface area contributed by atoms with Crippen molar-refractivity contribution in [3.05, 3.63) is 35.6 Å². The van der Waals surface area contributed by atoms with Crippen molar-refractivity contribution in [1.82, 2.24) is 0 Å². The van der Waals surface area contributed by atoms with E-state index in [4.69, 9.17) is 5.73 Å². The molecule has 2 heteroatoms. The molecule has 0 saturated heterocycles. The second-order valence-corrected chi connectivity index (χ2v) is 3.66. The number of nitrogens with two attached hydrogens (primary N) is 1. The third kappa shape index (κ3) is 1.03. The molecule has 1 nitrogen and oxygen atoms in total. The molecule has 0 aromatic heterocycles. The van der Waals surface area contributed by atoms with E-state index in [1.807, 2.05) is 6.07 Å². The van der Waals surface area contributed by atoms with E-state index in [9.17, 15) is 4.39 Å². The van der Waals surface area contributed by atoms with Gasteiger partial charge in [-0.2, -0.15) is 0 Å². The highest BCUT2D eigenvalue weighted by molar-refractivity contribution is 5.31.